The second-order valence-electron chi connectivity index (χ2n) is 8.94. The van der Waals surface area contributed by atoms with Crippen LogP contribution >= 0.6 is 0 Å². The van der Waals surface area contributed by atoms with Crippen molar-refractivity contribution in [1.82, 2.24) is 19.4 Å². The first kappa shape index (κ1) is 17.9. The second kappa shape index (κ2) is 5.53. The van der Waals surface area contributed by atoms with Crippen LogP contribution in [0.5, 0.6) is 0 Å². The Kier molecular flexibility index (Phi) is 3.68. The van der Waals surface area contributed by atoms with Crippen molar-refractivity contribution in [3.05, 3.63) is 38.7 Å². The third-order valence-electron chi connectivity index (χ3n) is 7.65. The van der Waals surface area contributed by atoms with Crippen LogP contribution in [0.25, 0.3) is 11.0 Å². The van der Waals surface area contributed by atoms with Crippen molar-refractivity contribution in [2.75, 3.05) is 0 Å². The van der Waals surface area contributed by atoms with Gasteiger partial charge in [0.15, 0.2) is 0 Å². The molecule has 2 aliphatic rings. The van der Waals surface area contributed by atoms with Crippen molar-refractivity contribution < 1.29 is 4.79 Å². The first-order valence-corrected chi connectivity index (χ1v) is 9.44. The number of carbonyl (C=O) groups excluding carboxylic acids is 1. The molecule has 2 heterocycles. The van der Waals surface area contributed by atoms with Crippen molar-refractivity contribution in [2.24, 2.45) is 30.8 Å². The zero-order chi connectivity index (χ0) is 19.7. The number of carbonyl (C=O) groups is 1. The van der Waals surface area contributed by atoms with E-state index < -0.39 is 11.2 Å². The molecule has 2 saturated carbocycles. The summed E-state index contributed by atoms with van der Waals surface area (Å²) in [7, 11) is 2.99. The van der Waals surface area contributed by atoms with Crippen molar-refractivity contribution in [3.63, 3.8) is 0 Å². The molecule has 2 aromatic rings. The fraction of sp³-hybridized carbons (Fsp3) is 0.600. The molecule has 2 fully saturated rings. The Balaban J connectivity index is 1.69. The highest BCUT2D eigenvalue weighted by molar-refractivity contribution is 5.97. The molecule has 2 bridgehead atoms. The summed E-state index contributed by atoms with van der Waals surface area (Å²) in [5.41, 5.74) is 0.0473. The maximum Gasteiger partial charge on any atom is 0.332 e. The Bertz CT molecular complexity index is 1080. The van der Waals surface area contributed by atoms with Crippen molar-refractivity contribution in [1.29, 1.82) is 0 Å². The second-order valence-corrected chi connectivity index (χ2v) is 8.94. The number of nitrogens with zero attached hydrogens (tertiary/aromatic N) is 3. The van der Waals surface area contributed by atoms with E-state index >= 15 is 0 Å². The standard InChI is InChI=1S/C20H26N4O3/c1-19(2)12-6-7-20(19,3)14(9-12)22-16(25)11-8-13-15(21-10-11)23(4)18(27)24(5)17(13)26/h8,10,12,14H,6-7,9H2,1-5H3,(H,22,25)/t12-,14+,20-/m1/s1. The number of hydrogen-bond acceptors (Lipinski definition) is 4. The van der Waals surface area contributed by atoms with Gasteiger partial charge >= 0.3 is 5.69 Å². The Morgan fingerprint density at radius 2 is 1.93 bits per heavy atom. The molecule has 7 heteroatoms. The summed E-state index contributed by atoms with van der Waals surface area (Å²) in [6.07, 6.45) is 4.77. The predicted octanol–water partition coefficient (Wildman–Crippen LogP) is 1.58. The molecular weight excluding hydrogens is 344 g/mol. The Hall–Kier alpha value is -2.44. The van der Waals surface area contributed by atoms with Crippen molar-refractivity contribution in [2.45, 2.75) is 46.1 Å². The van der Waals surface area contributed by atoms with E-state index in [1.807, 2.05) is 0 Å². The Labute approximate surface area is 157 Å². The van der Waals surface area contributed by atoms with Gasteiger partial charge in [0, 0.05) is 26.3 Å². The smallest absolute Gasteiger partial charge is 0.332 e. The summed E-state index contributed by atoms with van der Waals surface area (Å²) in [6.45, 7) is 6.88. The van der Waals surface area contributed by atoms with Crippen LogP contribution in [0, 0.1) is 16.7 Å². The van der Waals surface area contributed by atoms with Gasteiger partial charge < -0.3 is 5.32 Å². The summed E-state index contributed by atoms with van der Waals surface area (Å²) in [5.74, 6) is 0.416. The molecule has 0 aliphatic heterocycles. The number of rotatable bonds is 2. The molecule has 2 aromatic heterocycles. The first-order valence-electron chi connectivity index (χ1n) is 9.44. The van der Waals surface area contributed by atoms with Gasteiger partial charge in [0.2, 0.25) is 0 Å². The van der Waals surface area contributed by atoms with Gasteiger partial charge in [-0.2, -0.15) is 0 Å². The van der Waals surface area contributed by atoms with Crippen LogP contribution in [0.3, 0.4) is 0 Å². The van der Waals surface area contributed by atoms with Gasteiger partial charge in [-0.05, 0) is 42.1 Å². The molecule has 0 saturated heterocycles. The normalized spacial score (nSPS) is 28.6. The van der Waals surface area contributed by atoms with E-state index in [0.29, 0.717) is 11.5 Å². The van der Waals surface area contributed by atoms with Crippen LogP contribution in [-0.2, 0) is 14.1 Å². The summed E-state index contributed by atoms with van der Waals surface area (Å²) >= 11 is 0. The first-order chi connectivity index (χ1) is 12.6. The van der Waals surface area contributed by atoms with Gasteiger partial charge in [-0.1, -0.05) is 20.8 Å². The maximum absolute atomic E-state index is 12.9. The quantitative estimate of drug-likeness (QED) is 0.870. The summed E-state index contributed by atoms with van der Waals surface area (Å²) in [5, 5.41) is 3.46. The predicted molar refractivity (Wildman–Crippen MR) is 103 cm³/mol. The molecule has 0 spiro atoms. The monoisotopic (exact) mass is 370 g/mol. The summed E-state index contributed by atoms with van der Waals surface area (Å²) < 4.78 is 2.35. The average Bonchev–Trinajstić information content (AvgIpc) is 2.97. The molecule has 144 valence electrons. The van der Waals surface area contributed by atoms with Gasteiger partial charge in [0.25, 0.3) is 11.5 Å². The van der Waals surface area contributed by atoms with Crippen molar-refractivity contribution in [3.8, 4) is 0 Å². The van der Waals surface area contributed by atoms with Crippen LogP contribution < -0.4 is 16.6 Å². The van der Waals surface area contributed by atoms with E-state index in [1.165, 1.54) is 24.2 Å². The molecule has 1 N–H and O–H groups in total. The number of pyridine rings is 1. The fourth-order valence-electron chi connectivity index (χ4n) is 5.25. The highest BCUT2D eigenvalue weighted by atomic mass is 16.2. The fourth-order valence-corrected chi connectivity index (χ4v) is 5.25. The molecule has 0 aromatic carbocycles. The van der Waals surface area contributed by atoms with E-state index in [1.54, 1.807) is 13.1 Å². The lowest BCUT2D eigenvalue weighted by molar-refractivity contribution is 0.0826. The minimum absolute atomic E-state index is 0.0810. The van der Waals surface area contributed by atoms with Gasteiger partial charge in [0.05, 0.1) is 10.9 Å². The number of aromatic nitrogens is 3. The largest absolute Gasteiger partial charge is 0.349 e. The molecule has 2 aliphatic carbocycles. The molecule has 0 radical (unpaired) electrons. The molecule has 27 heavy (non-hydrogen) atoms. The topological polar surface area (TPSA) is 86.0 Å². The number of fused-ring (bicyclic) bond motifs is 3. The zero-order valence-corrected chi connectivity index (χ0v) is 16.5. The Morgan fingerprint density at radius 3 is 2.52 bits per heavy atom. The van der Waals surface area contributed by atoms with Crippen LogP contribution in [0.2, 0.25) is 0 Å². The highest BCUT2D eigenvalue weighted by Crippen LogP contribution is 2.65. The lowest BCUT2D eigenvalue weighted by Gasteiger charge is -2.39. The number of nitrogens with one attached hydrogen (secondary N) is 1. The van der Waals surface area contributed by atoms with Crippen LogP contribution in [0.15, 0.2) is 21.9 Å². The Morgan fingerprint density at radius 1 is 1.22 bits per heavy atom. The lowest BCUT2D eigenvalue weighted by Crippen LogP contribution is -2.47. The minimum atomic E-state index is -0.441. The number of amides is 1. The van der Waals surface area contributed by atoms with E-state index in [-0.39, 0.29) is 33.8 Å². The maximum atomic E-state index is 12.9. The van der Waals surface area contributed by atoms with Crippen LogP contribution in [0.1, 0.15) is 50.4 Å². The number of aryl methyl sites for hydroxylation is 1. The molecule has 7 nitrogen and oxygen atoms in total. The van der Waals surface area contributed by atoms with Gasteiger partial charge in [-0.25, -0.2) is 9.78 Å². The van der Waals surface area contributed by atoms with Crippen LogP contribution in [-0.4, -0.2) is 26.1 Å². The van der Waals surface area contributed by atoms with E-state index in [0.717, 1.165) is 17.4 Å². The van der Waals surface area contributed by atoms with Gasteiger partial charge in [-0.3, -0.25) is 18.7 Å². The average molecular weight is 370 g/mol. The third kappa shape index (κ3) is 2.26. The van der Waals surface area contributed by atoms with E-state index in [4.69, 9.17) is 0 Å². The highest BCUT2D eigenvalue weighted by Gasteiger charge is 2.61. The summed E-state index contributed by atoms with van der Waals surface area (Å²) in [6, 6.07) is 1.66. The third-order valence-corrected chi connectivity index (χ3v) is 7.65. The minimum Gasteiger partial charge on any atom is -0.349 e. The SMILES string of the molecule is Cn1c(=O)c2cc(C(=O)N[C@H]3C[C@H]4CC[C@@]3(C)C4(C)C)cnc2n(C)c1=O. The van der Waals surface area contributed by atoms with E-state index in [9.17, 15) is 14.4 Å². The lowest BCUT2D eigenvalue weighted by atomic mass is 9.69. The molecule has 3 atom stereocenters. The van der Waals surface area contributed by atoms with Gasteiger partial charge in [-0.15, -0.1) is 0 Å². The van der Waals surface area contributed by atoms with E-state index in [2.05, 4.69) is 31.1 Å². The van der Waals surface area contributed by atoms with Crippen LogP contribution in [0.4, 0.5) is 0 Å². The summed E-state index contributed by atoms with van der Waals surface area (Å²) in [4.78, 5) is 41.6. The molecule has 4 rings (SSSR count). The molecule has 1 amide bonds. The molecule has 0 unspecified atom stereocenters. The molecular formula is C20H26N4O3. The number of hydrogen-bond donors (Lipinski definition) is 1. The van der Waals surface area contributed by atoms with Crippen molar-refractivity contribution >= 4 is 16.9 Å². The zero-order valence-electron chi connectivity index (χ0n) is 16.5. The van der Waals surface area contributed by atoms with Gasteiger partial charge in [0.1, 0.15) is 5.65 Å².